The number of nitrogens with one attached hydrogen (secondary N) is 1. The standard InChI is InChI=1S/C22H29N3O5S/c1-16-3-4-20-18(11-16)13-25(17(2)26)15-22(30-20)6-8-24(9-7-22)21(27)12-23-19-5-10-31(28,29)14-19/h3-5,10-11,19,23H,6-9,12-15H2,1-2H3. The number of sulfone groups is 1. The topological polar surface area (TPSA) is 96.0 Å². The normalized spacial score (nSPS) is 23.9. The number of nitrogens with zero attached hydrogens (tertiary/aromatic N) is 2. The van der Waals surface area contributed by atoms with Crippen molar-refractivity contribution in [2.24, 2.45) is 0 Å². The summed E-state index contributed by atoms with van der Waals surface area (Å²) in [5.74, 6) is 0.766. The first-order chi connectivity index (χ1) is 14.6. The summed E-state index contributed by atoms with van der Waals surface area (Å²) in [6.45, 7) is 5.79. The van der Waals surface area contributed by atoms with Gasteiger partial charge in [0.05, 0.1) is 18.8 Å². The number of amides is 2. The second-order valence-electron chi connectivity index (χ2n) is 8.80. The second kappa shape index (κ2) is 8.27. The molecule has 0 aliphatic carbocycles. The third kappa shape index (κ3) is 4.93. The first kappa shape index (κ1) is 21.8. The molecule has 1 aromatic carbocycles. The van der Waals surface area contributed by atoms with Crippen LogP contribution in [0.15, 0.2) is 29.7 Å². The van der Waals surface area contributed by atoms with Crippen molar-refractivity contribution in [1.82, 2.24) is 15.1 Å². The Labute approximate surface area is 183 Å². The van der Waals surface area contributed by atoms with E-state index >= 15 is 0 Å². The van der Waals surface area contributed by atoms with Gasteiger partial charge in [-0.3, -0.25) is 9.59 Å². The number of carbonyl (C=O) groups excluding carboxylic acids is 2. The van der Waals surface area contributed by atoms with Crippen LogP contribution in [0.5, 0.6) is 5.75 Å². The molecule has 0 radical (unpaired) electrons. The fourth-order valence-electron chi connectivity index (χ4n) is 4.49. The van der Waals surface area contributed by atoms with E-state index in [0.29, 0.717) is 39.0 Å². The maximum atomic E-state index is 12.6. The van der Waals surface area contributed by atoms with Gasteiger partial charge in [0.15, 0.2) is 9.84 Å². The summed E-state index contributed by atoms with van der Waals surface area (Å²) in [6, 6.07) is 5.73. The van der Waals surface area contributed by atoms with Crippen LogP contribution in [-0.2, 0) is 26.0 Å². The largest absolute Gasteiger partial charge is 0.485 e. The van der Waals surface area contributed by atoms with Crippen molar-refractivity contribution < 1.29 is 22.7 Å². The summed E-state index contributed by atoms with van der Waals surface area (Å²) < 4.78 is 29.5. The smallest absolute Gasteiger partial charge is 0.236 e. The van der Waals surface area contributed by atoms with Crippen molar-refractivity contribution >= 4 is 21.7 Å². The van der Waals surface area contributed by atoms with E-state index in [2.05, 4.69) is 11.4 Å². The molecule has 3 aliphatic rings. The van der Waals surface area contributed by atoms with Crippen LogP contribution in [-0.4, -0.2) is 73.6 Å². The van der Waals surface area contributed by atoms with Crippen molar-refractivity contribution in [3.63, 3.8) is 0 Å². The molecule has 1 aromatic rings. The van der Waals surface area contributed by atoms with E-state index in [1.807, 2.05) is 24.0 Å². The molecule has 0 saturated carbocycles. The second-order valence-corrected chi connectivity index (χ2v) is 10.7. The highest BCUT2D eigenvalue weighted by molar-refractivity contribution is 7.94. The predicted molar refractivity (Wildman–Crippen MR) is 116 cm³/mol. The summed E-state index contributed by atoms with van der Waals surface area (Å²) in [4.78, 5) is 28.5. The van der Waals surface area contributed by atoms with Crippen molar-refractivity contribution in [3.05, 3.63) is 40.8 Å². The molecule has 1 atom stereocenters. The highest BCUT2D eigenvalue weighted by Gasteiger charge is 2.42. The summed E-state index contributed by atoms with van der Waals surface area (Å²) in [6.07, 6.45) is 2.85. The van der Waals surface area contributed by atoms with E-state index in [9.17, 15) is 18.0 Å². The van der Waals surface area contributed by atoms with Gasteiger partial charge in [-0.1, -0.05) is 23.8 Å². The minimum absolute atomic E-state index is 0.00298. The van der Waals surface area contributed by atoms with Crippen LogP contribution in [0, 0.1) is 6.92 Å². The van der Waals surface area contributed by atoms with Gasteiger partial charge in [-0.25, -0.2) is 8.42 Å². The molecule has 168 valence electrons. The van der Waals surface area contributed by atoms with Crippen LogP contribution >= 0.6 is 0 Å². The van der Waals surface area contributed by atoms with Crippen LogP contribution < -0.4 is 10.1 Å². The molecule has 8 nitrogen and oxygen atoms in total. The average molecular weight is 448 g/mol. The molecule has 1 spiro atoms. The van der Waals surface area contributed by atoms with Crippen molar-refractivity contribution in [1.29, 1.82) is 0 Å². The van der Waals surface area contributed by atoms with Crippen molar-refractivity contribution in [2.75, 3.05) is 31.9 Å². The van der Waals surface area contributed by atoms with Gasteiger partial charge in [0, 0.05) is 56.4 Å². The fraction of sp³-hybridized carbons (Fsp3) is 0.545. The molecule has 1 fully saturated rings. The number of hydrogen-bond donors (Lipinski definition) is 1. The van der Waals surface area contributed by atoms with Gasteiger partial charge in [-0.15, -0.1) is 0 Å². The van der Waals surface area contributed by atoms with E-state index in [4.69, 9.17) is 4.74 Å². The van der Waals surface area contributed by atoms with Gasteiger partial charge in [0.2, 0.25) is 11.8 Å². The number of likely N-dealkylation sites (tertiary alicyclic amines) is 1. The maximum Gasteiger partial charge on any atom is 0.236 e. The number of rotatable bonds is 3. The van der Waals surface area contributed by atoms with Gasteiger partial charge in [-0.05, 0) is 13.0 Å². The lowest BCUT2D eigenvalue weighted by Gasteiger charge is -2.42. The Hall–Kier alpha value is -2.39. The van der Waals surface area contributed by atoms with Gasteiger partial charge >= 0.3 is 0 Å². The quantitative estimate of drug-likeness (QED) is 0.743. The minimum atomic E-state index is -3.15. The molecular formula is C22H29N3O5S. The average Bonchev–Trinajstić information content (AvgIpc) is 2.98. The first-order valence-corrected chi connectivity index (χ1v) is 12.3. The summed E-state index contributed by atoms with van der Waals surface area (Å²) >= 11 is 0. The highest BCUT2D eigenvalue weighted by atomic mass is 32.2. The molecule has 31 heavy (non-hydrogen) atoms. The molecule has 0 bridgehead atoms. The SMILES string of the molecule is CC(=O)N1Cc2cc(C)ccc2OC2(CCN(C(=O)CNC3C=CS(=O)(=O)C3)CC2)C1. The Morgan fingerprint density at radius 3 is 2.61 bits per heavy atom. The number of hydrogen-bond acceptors (Lipinski definition) is 6. The Morgan fingerprint density at radius 1 is 1.23 bits per heavy atom. The van der Waals surface area contributed by atoms with Crippen LogP contribution in [0.2, 0.25) is 0 Å². The molecule has 2 amide bonds. The van der Waals surface area contributed by atoms with Crippen molar-refractivity contribution in [3.8, 4) is 5.75 Å². The molecule has 1 unspecified atom stereocenters. The maximum absolute atomic E-state index is 12.6. The first-order valence-electron chi connectivity index (χ1n) is 10.6. The molecule has 4 rings (SSSR count). The zero-order chi connectivity index (χ0) is 22.2. The number of carbonyl (C=O) groups is 2. The molecule has 1 N–H and O–H groups in total. The third-order valence-electron chi connectivity index (χ3n) is 6.30. The van der Waals surface area contributed by atoms with Gasteiger partial charge < -0.3 is 19.9 Å². The van der Waals surface area contributed by atoms with Gasteiger partial charge in [-0.2, -0.15) is 0 Å². The van der Waals surface area contributed by atoms with E-state index in [1.165, 1.54) is 5.41 Å². The summed E-state index contributed by atoms with van der Waals surface area (Å²) in [7, 11) is -3.15. The third-order valence-corrected chi connectivity index (χ3v) is 7.70. The zero-order valence-electron chi connectivity index (χ0n) is 18.0. The summed E-state index contributed by atoms with van der Waals surface area (Å²) in [5.41, 5.74) is 1.62. The monoisotopic (exact) mass is 447 g/mol. The fourth-order valence-corrected chi connectivity index (χ4v) is 5.76. The Balaban J connectivity index is 1.40. The molecule has 1 saturated heterocycles. The minimum Gasteiger partial charge on any atom is -0.485 e. The van der Waals surface area contributed by atoms with E-state index in [0.717, 1.165) is 16.9 Å². The Kier molecular flexibility index (Phi) is 5.83. The van der Waals surface area contributed by atoms with Crippen LogP contribution in [0.3, 0.4) is 0 Å². The number of ether oxygens (including phenoxy) is 1. The number of piperidine rings is 1. The Morgan fingerprint density at radius 2 is 1.97 bits per heavy atom. The summed E-state index contributed by atoms with van der Waals surface area (Å²) in [5, 5.41) is 4.21. The molecule has 0 aromatic heterocycles. The molecule has 3 heterocycles. The van der Waals surface area contributed by atoms with E-state index in [1.54, 1.807) is 17.9 Å². The number of aryl methyl sites for hydroxylation is 1. The predicted octanol–water partition coefficient (Wildman–Crippen LogP) is 0.997. The number of benzene rings is 1. The van der Waals surface area contributed by atoms with Crippen LogP contribution in [0.1, 0.15) is 30.9 Å². The van der Waals surface area contributed by atoms with E-state index < -0.39 is 15.4 Å². The van der Waals surface area contributed by atoms with Crippen LogP contribution in [0.25, 0.3) is 0 Å². The number of fused-ring (bicyclic) bond motifs is 1. The lowest BCUT2D eigenvalue weighted by atomic mass is 9.90. The Bertz CT molecular complexity index is 1010. The zero-order valence-corrected chi connectivity index (χ0v) is 18.8. The lowest BCUT2D eigenvalue weighted by Crippen LogP contribution is -2.56. The van der Waals surface area contributed by atoms with Gasteiger partial charge in [0.25, 0.3) is 0 Å². The highest BCUT2D eigenvalue weighted by Crippen LogP contribution is 2.36. The van der Waals surface area contributed by atoms with E-state index in [-0.39, 0.29) is 30.2 Å². The van der Waals surface area contributed by atoms with Gasteiger partial charge in [0.1, 0.15) is 11.4 Å². The molecular weight excluding hydrogens is 418 g/mol. The van der Waals surface area contributed by atoms with Crippen molar-refractivity contribution in [2.45, 2.75) is 44.9 Å². The molecule has 9 heteroatoms. The van der Waals surface area contributed by atoms with Crippen LogP contribution in [0.4, 0.5) is 0 Å². The lowest BCUT2D eigenvalue weighted by molar-refractivity contribution is -0.138. The molecule has 3 aliphatic heterocycles.